The Kier molecular flexibility index (Phi) is 5.34. The van der Waals surface area contributed by atoms with Gasteiger partial charge in [0.15, 0.2) is 11.5 Å². The van der Waals surface area contributed by atoms with Gasteiger partial charge in [0.25, 0.3) is 10.0 Å². The first-order valence-corrected chi connectivity index (χ1v) is 13.8. The van der Waals surface area contributed by atoms with Crippen LogP contribution in [-0.4, -0.2) is 15.2 Å². The van der Waals surface area contributed by atoms with Crippen LogP contribution in [0.1, 0.15) is 40.6 Å². The first-order valence-electron chi connectivity index (χ1n) is 11.6. The van der Waals surface area contributed by atoms with Crippen LogP contribution < -0.4 is 19.5 Å². The maximum atomic E-state index is 13.3. The van der Waals surface area contributed by atoms with Gasteiger partial charge in [-0.1, -0.05) is 46.3 Å². The van der Waals surface area contributed by atoms with Gasteiger partial charge in [-0.05, 0) is 78.8 Å². The SMILES string of the molecule is Cc1cccc(C)c1NS(=O)(=O)c1ccc2c(c1)[C@H]1C=CC[C@H]1[C@@H](c1cc3c(cc1Br)OCO3)N2. The van der Waals surface area contributed by atoms with Gasteiger partial charge in [-0.25, -0.2) is 8.42 Å². The van der Waals surface area contributed by atoms with E-state index in [0.29, 0.717) is 5.69 Å². The quantitative estimate of drug-likeness (QED) is 0.365. The Bertz CT molecular complexity index is 1460. The van der Waals surface area contributed by atoms with E-state index in [9.17, 15) is 8.42 Å². The van der Waals surface area contributed by atoms with E-state index in [1.165, 1.54) is 0 Å². The number of ether oxygens (including phenoxy) is 2. The summed E-state index contributed by atoms with van der Waals surface area (Å²) in [4.78, 5) is 0.266. The van der Waals surface area contributed by atoms with Gasteiger partial charge >= 0.3 is 0 Å². The summed E-state index contributed by atoms with van der Waals surface area (Å²) in [5, 5.41) is 3.68. The van der Waals surface area contributed by atoms with Crippen LogP contribution in [0.15, 0.2) is 70.1 Å². The molecule has 8 heteroatoms. The van der Waals surface area contributed by atoms with Crippen molar-refractivity contribution in [3.8, 4) is 11.5 Å². The number of para-hydroxylation sites is 1. The van der Waals surface area contributed by atoms with Crippen LogP contribution >= 0.6 is 15.9 Å². The summed E-state index contributed by atoms with van der Waals surface area (Å²) < 4.78 is 41.6. The van der Waals surface area contributed by atoms with Crippen molar-refractivity contribution in [2.45, 2.75) is 37.1 Å². The molecule has 3 aromatic rings. The molecular formula is C27H25BrN2O4S. The standard InChI is InChI=1S/C27H25BrN2O4S/c1-15-5-3-6-16(2)26(15)30-35(31,32)17-9-10-23-20(11-17)18-7-4-8-19(18)27(29-23)21-12-24-25(13-22(21)28)34-14-33-24/h3-7,9-13,18-19,27,29-30H,8,14H2,1-2H3/t18-,19+,27-/m0/s1. The van der Waals surface area contributed by atoms with Gasteiger partial charge < -0.3 is 14.8 Å². The molecule has 180 valence electrons. The number of aryl methyl sites for hydroxylation is 2. The molecule has 0 aromatic heterocycles. The molecule has 6 nitrogen and oxygen atoms in total. The van der Waals surface area contributed by atoms with E-state index in [0.717, 1.165) is 50.3 Å². The highest BCUT2D eigenvalue weighted by Crippen LogP contribution is 2.52. The fourth-order valence-corrected chi connectivity index (χ4v) is 7.19. The third kappa shape index (κ3) is 3.79. The molecule has 0 saturated carbocycles. The van der Waals surface area contributed by atoms with Crippen LogP contribution in [0.5, 0.6) is 11.5 Å². The molecule has 0 amide bonds. The van der Waals surface area contributed by atoms with Crippen molar-refractivity contribution in [1.29, 1.82) is 0 Å². The number of rotatable bonds is 4. The summed E-state index contributed by atoms with van der Waals surface area (Å²) in [6, 6.07) is 15.1. The van der Waals surface area contributed by atoms with Crippen LogP contribution in [0.4, 0.5) is 11.4 Å². The van der Waals surface area contributed by atoms with E-state index in [1.807, 2.05) is 56.3 Å². The minimum absolute atomic E-state index is 0.0431. The predicted molar refractivity (Wildman–Crippen MR) is 140 cm³/mol. The van der Waals surface area contributed by atoms with E-state index in [1.54, 1.807) is 6.07 Å². The number of nitrogens with one attached hydrogen (secondary N) is 2. The lowest BCUT2D eigenvalue weighted by atomic mass is 9.77. The van der Waals surface area contributed by atoms with E-state index in [2.05, 4.69) is 38.1 Å². The molecular weight excluding hydrogens is 528 g/mol. The number of anilines is 2. The van der Waals surface area contributed by atoms with Gasteiger partial charge in [0.1, 0.15) is 0 Å². The van der Waals surface area contributed by atoms with Gasteiger partial charge in [0.05, 0.1) is 16.6 Å². The zero-order valence-electron chi connectivity index (χ0n) is 19.3. The second-order valence-electron chi connectivity index (χ2n) is 9.32. The Morgan fingerprint density at radius 3 is 2.51 bits per heavy atom. The first kappa shape index (κ1) is 22.5. The molecule has 2 aliphatic heterocycles. The maximum Gasteiger partial charge on any atom is 0.261 e. The highest BCUT2D eigenvalue weighted by atomic mass is 79.9. The number of hydrogen-bond acceptors (Lipinski definition) is 5. The summed E-state index contributed by atoms with van der Waals surface area (Å²) in [6.07, 6.45) is 5.30. The fourth-order valence-electron chi connectivity index (χ4n) is 5.39. The molecule has 3 aliphatic rings. The minimum Gasteiger partial charge on any atom is -0.454 e. The van der Waals surface area contributed by atoms with E-state index >= 15 is 0 Å². The second kappa shape index (κ2) is 8.31. The van der Waals surface area contributed by atoms with E-state index in [-0.39, 0.29) is 29.6 Å². The highest BCUT2D eigenvalue weighted by molar-refractivity contribution is 9.10. The third-order valence-electron chi connectivity index (χ3n) is 7.19. The van der Waals surface area contributed by atoms with Crippen LogP contribution in [0.3, 0.4) is 0 Å². The summed E-state index contributed by atoms with van der Waals surface area (Å²) in [6.45, 7) is 4.04. The lowest BCUT2D eigenvalue weighted by molar-refractivity contribution is 0.174. The Labute approximate surface area is 213 Å². The van der Waals surface area contributed by atoms with Gasteiger partial charge in [0, 0.05) is 16.1 Å². The van der Waals surface area contributed by atoms with Gasteiger partial charge in [-0.15, -0.1) is 0 Å². The zero-order valence-corrected chi connectivity index (χ0v) is 21.7. The van der Waals surface area contributed by atoms with Crippen LogP contribution in [-0.2, 0) is 10.0 Å². The van der Waals surface area contributed by atoms with E-state index < -0.39 is 10.0 Å². The summed E-state index contributed by atoms with van der Waals surface area (Å²) in [5.41, 5.74) is 5.47. The summed E-state index contributed by atoms with van der Waals surface area (Å²) in [7, 11) is -3.74. The summed E-state index contributed by atoms with van der Waals surface area (Å²) >= 11 is 3.72. The average Bonchev–Trinajstić information content (AvgIpc) is 3.50. The average molecular weight is 553 g/mol. The molecule has 3 aromatic carbocycles. The second-order valence-corrected chi connectivity index (χ2v) is 11.9. The Morgan fingerprint density at radius 2 is 1.74 bits per heavy atom. The van der Waals surface area contributed by atoms with Crippen molar-refractivity contribution < 1.29 is 17.9 Å². The molecule has 0 spiro atoms. The Hall–Kier alpha value is -2.97. The minimum atomic E-state index is -3.74. The third-order valence-corrected chi connectivity index (χ3v) is 9.22. The topological polar surface area (TPSA) is 76.7 Å². The van der Waals surface area contributed by atoms with Crippen molar-refractivity contribution >= 4 is 37.3 Å². The smallest absolute Gasteiger partial charge is 0.261 e. The normalized spacial score (nSPS) is 21.9. The van der Waals surface area contributed by atoms with Crippen LogP contribution in [0, 0.1) is 19.8 Å². The van der Waals surface area contributed by atoms with Crippen molar-refractivity contribution in [2.75, 3.05) is 16.8 Å². The molecule has 3 atom stereocenters. The molecule has 35 heavy (non-hydrogen) atoms. The Balaban J connectivity index is 1.36. The molecule has 2 N–H and O–H groups in total. The lowest BCUT2D eigenvalue weighted by Gasteiger charge is -2.38. The molecule has 2 heterocycles. The number of halogens is 1. The van der Waals surface area contributed by atoms with Crippen molar-refractivity contribution in [2.24, 2.45) is 5.92 Å². The molecule has 0 bridgehead atoms. The number of sulfonamides is 1. The Morgan fingerprint density at radius 1 is 1.00 bits per heavy atom. The predicted octanol–water partition coefficient (Wildman–Crippen LogP) is 6.42. The molecule has 6 rings (SSSR count). The van der Waals surface area contributed by atoms with Gasteiger partial charge in [-0.2, -0.15) is 0 Å². The maximum absolute atomic E-state index is 13.3. The fraction of sp³-hybridized carbons (Fsp3) is 0.259. The van der Waals surface area contributed by atoms with Crippen molar-refractivity contribution in [1.82, 2.24) is 0 Å². The van der Waals surface area contributed by atoms with Crippen molar-refractivity contribution in [3.05, 3.63) is 87.4 Å². The molecule has 0 saturated heterocycles. The van der Waals surface area contributed by atoms with Crippen LogP contribution in [0.25, 0.3) is 0 Å². The van der Waals surface area contributed by atoms with Gasteiger partial charge in [-0.3, -0.25) is 4.72 Å². The molecule has 0 unspecified atom stereocenters. The highest BCUT2D eigenvalue weighted by Gasteiger charge is 2.39. The zero-order chi connectivity index (χ0) is 24.3. The largest absolute Gasteiger partial charge is 0.454 e. The number of benzene rings is 3. The monoisotopic (exact) mass is 552 g/mol. The first-order chi connectivity index (χ1) is 16.8. The molecule has 0 radical (unpaired) electrons. The molecule has 1 aliphatic carbocycles. The number of fused-ring (bicyclic) bond motifs is 4. The van der Waals surface area contributed by atoms with Crippen LogP contribution in [0.2, 0.25) is 0 Å². The molecule has 0 fully saturated rings. The number of allylic oxidation sites excluding steroid dienone is 2. The summed E-state index contributed by atoms with van der Waals surface area (Å²) in [5.74, 6) is 1.86. The number of hydrogen-bond donors (Lipinski definition) is 2. The van der Waals surface area contributed by atoms with Gasteiger partial charge in [0.2, 0.25) is 6.79 Å². The van der Waals surface area contributed by atoms with Crippen molar-refractivity contribution in [3.63, 3.8) is 0 Å². The van der Waals surface area contributed by atoms with E-state index in [4.69, 9.17) is 9.47 Å². The lowest BCUT2D eigenvalue weighted by Crippen LogP contribution is -2.29.